The lowest BCUT2D eigenvalue weighted by molar-refractivity contribution is -0.143. The molecule has 1 rings (SSSR count). The first-order valence-corrected chi connectivity index (χ1v) is 5.15. The molecule has 0 saturated heterocycles. The molecule has 0 spiro atoms. The maximum Gasteiger partial charge on any atom is 0.306 e. The minimum atomic E-state index is -0.329. The molecule has 0 aliphatic rings. The van der Waals surface area contributed by atoms with Gasteiger partial charge in [-0.3, -0.25) is 4.79 Å². The van der Waals surface area contributed by atoms with Crippen molar-refractivity contribution in [2.45, 2.75) is 19.8 Å². The average molecular weight is 226 g/mol. The first-order valence-electron chi connectivity index (χ1n) is 5.15. The summed E-state index contributed by atoms with van der Waals surface area (Å²) < 4.78 is 23.1. The summed E-state index contributed by atoms with van der Waals surface area (Å²) in [5.41, 5.74) is 0.465. The Bertz CT molecular complexity index is 363. The van der Waals surface area contributed by atoms with E-state index in [1.54, 1.807) is 19.1 Å². The highest BCUT2D eigenvalue weighted by Gasteiger charge is 2.07. The van der Waals surface area contributed by atoms with Crippen LogP contribution in [0.25, 0.3) is 0 Å². The number of esters is 1. The second-order valence-corrected chi connectivity index (χ2v) is 3.26. The minimum Gasteiger partial charge on any atom is -0.497 e. The fourth-order valence-corrected chi connectivity index (χ4v) is 1.34. The van der Waals surface area contributed by atoms with Gasteiger partial charge >= 0.3 is 5.97 Å². The number of halogens is 1. The highest BCUT2D eigenvalue weighted by atomic mass is 19.1. The molecule has 0 heterocycles. The first kappa shape index (κ1) is 12.5. The Morgan fingerprint density at radius 2 is 2.19 bits per heavy atom. The van der Waals surface area contributed by atoms with E-state index < -0.39 is 0 Å². The fraction of sp³-hybridized carbons (Fsp3) is 0.417. The lowest BCUT2D eigenvalue weighted by Crippen LogP contribution is -2.06. The van der Waals surface area contributed by atoms with Crippen molar-refractivity contribution in [1.82, 2.24) is 0 Å². The van der Waals surface area contributed by atoms with Crippen molar-refractivity contribution in [3.63, 3.8) is 0 Å². The maximum atomic E-state index is 13.3. The summed E-state index contributed by atoms with van der Waals surface area (Å²) in [5.74, 6) is -0.0601. The zero-order valence-electron chi connectivity index (χ0n) is 9.46. The summed E-state index contributed by atoms with van der Waals surface area (Å²) in [7, 11) is 1.52. The van der Waals surface area contributed by atoms with Crippen LogP contribution in [0.3, 0.4) is 0 Å². The van der Waals surface area contributed by atoms with Crippen LogP contribution in [0, 0.1) is 5.82 Å². The fourth-order valence-electron chi connectivity index (χ4n) is 1.34. The van der Waals surface area contributed by atoms with Crippen molar-refractivity contribution < 1.29 is 18.7 Å². The topological polar surface area (TPSA) is 35.5 Å². The number of hydrogen-bond acceptors (Lipinski definition) is 3. The number of hydrogen-bond donors (Lipinski definition) is 0. The highest BCUT2D eigenvalue weighted by Crippen LogP contribution is 2.17. The van der Waals surface area contributed by atoms with Crippen molar-refractivity contribution >= 4 is 5.97 Å². The van der Waals surface area contributed by atoms with Gasteiger partial charge in [0, 0.05) is 6.42 Å². The Kier molecular flexibility index (Phi) is 4.76. The zero-order valence-corrected chi connectivity index (χ0v) is 9.46. The smallest absolute Gasteiger partial charge is 0.306 e. The van der Waals surface area contributed by atoms with Crippen LogP contribution in [0.2, 0.25) is 0 Å². The van der Waals surface area contributed by atoms with Crippen LogP contribution in [0.4, 0.5) is 4.39 Å². The summed E-state index contributed by atoms with van der Waals surface area (Å²) in [5, 5.41) is 0. The summed E-state index contributed by atoms with van der Waals surface area (Å²) in [6.45, 7) is 2.09. The molecule has 0 fully saturated rings. The van der Waals surface area contributed by atoms with E-state index >= 15 is 0 Å². The summed E-state index contributed by atoms with van der Waals surface area (Å²) in [6.07, 6.45) is 0.500. The van der Waals surface area contributed by atoms with Crippen molar-refractivity contribution in [1.29, 1.82) is 0 Å². The number of rotatable bonds is 5. The largest absolute Gasteiger partial charge is 0.497 e. The standard InChI is InChI=1S/C12H15FO3/c1-3-16-12(14)7-4-9-8-10(15-2)5-6-11(9)13/h5-6,8H,3-4,7H2,1-2H3. The second kappa shape index (κ2) is 6.10. The van der Waals surface area contributed by atoms with E-state index in [-0.39, 0.29) is 18.2 Å². The first-order chi connectivity index (χ1) is 7.67. The van der Waals surface area contributed by atoms with Gasteiger partial charge in [0.15, 0.2) is 0 Å². The third-order valence-corrected chi connectivity index (χ3v) is 2.16. The van der Waals surface area contributed by atoms with Crippen LogP contribution in [0.5, 0.6) is 5.75 Å². The van der Waals surface area contributed by atoms with Crippen LogP contribution in [0.15, 0.2) is 18.2 Å². The number of benzene rings is 1. The quantitative estimate of drug-likeness (QED) is 0.723. The molecule has 0 aliphatic heterocycles. The van der Waals surface area contributed by atoms with Gasteiger partial charge in [-0.2, -0.15) is 0 Å². The Labute approximate surface area is 94.2 Å². The molecule has 0 radical (unpaired) electrons. The van der Waals surface area contributed by atoms with E-state index in [1.807, 2.05) is 0 Å². The molecule has 1 aromatic rings. The van der Waals surface area contributed by atoms with E-state index in [4.69, 9.17) is 9.47 Å². The lowest BCUT2D eigenvalue weighted by atomic mass is 10.1. The Balaban J connectivity index is 2.62. The predicted molar refractivity (Wildman–Crippen MR) is 57.9 cm³/mol. The molecular formula is C12H15FO3. The summed E-state index contributed by atoms with van der Waals surface area (Å²) in [4.78, 5) is 11.1. The van der Waals surface area contributed by atoms with E-state index in [9.17, 15) is 9.18 Å². The van der Waals surface area contributed by atoms with Gasteiger partial charge in [0.25, 0.3) is 0 Å². The molecule has 0 saturated carbocycles. The van der Waals surface area contributed by atoms with Gasteiger partial charge < -0.3 is 9.47 Å². The Morgan fingerprint density at radius 3 is 2.81 bits per heavy atom. The molecule has 0 unspecified atom stereocenters. The normalized spacial score (nSPS) is 9.94. The van der Waals surface area contributed by atoms with Gasteiger partial charge in [0.1, 0.15) is 11.6 Å². The van der Waals surface area contributed by atoms with Crippen LogP contribution in [-0.2, 0) is 16.0 Å². The van der Waals surface area contributed by atoms with Crippen molar-refractivity contribution in [2.24, 2.45) is 0 Å². The maximum absolute atomic E-state index is 13.3. The molecule has 0 N–H and O–H groups in total. The highest BCUT2D eigenvalue weighted by molar-refractivity contribution is 5.69. The van der Waals surface area contributed by atoms with Gasteiger partial charge in [-0.1, -0.05) is 0 Å². The van der Waals surface area contributed by atoms with Crippen molar-refractivity contribution in [3.05, 3.63) is 29.6 Å². The third kappa shape index (κ3) is 3.53. The molecule has 16 heavy (non-hydrogen) atoms. The molecule has 0 aliphatic carbocycles. The number of aryl methyl sites for hydroxylation is 1. The number of carbonyl (C=O) groups excluding carboxylic acids is 1. The van der Waals surface area contributed by atoms with Gasteiger partial charge in [0.05, 0.1) is 13.7 Å². The molecule has 0 amide bonds. The van der Waals surface area contributed by atoms with Crippen LogP contribution < -0.4 is 4.74 Å². The third-order valence-electron chi connectivity index (χ3n) is 2.16. The molecule has 0 atom stereocenters. The second-order valence-electron chi connectivity index (χ2n) is 3.26. The molecule has 0 bridgehead atoms. The lowest BCUT2D eigenvalue weighted by Gasteiger charge is -2.06. The predicted octanol–water partition coefficient (Wildman–Crippen LogP) is 2.33. The molecule has 4 heteroatoms. The number of carbonyl (C=O) groups is 1. The van der Waals surface area contributed by atoms with Crippen LogP contribution >= 0.6 is 0 Å². The van der Waals surface area contributed by atoms with E-state index in [0.29, 0.717) is 24.3 Å². The Morgan fingerprint density at radius 1 is 1.44 bits per heavy atom. The van der Waals surface area contributed by atoms with Crippen molar-refractivity contribution in [2.75, 3.05) is 13.7 Å². The van der Waals surface area contributed by atoms with E-state index in [0.717, 1.165) is 0 Å². The minimum absolute atomic E-state index is 0.178. The van der Waals surface area contributed by atoms with Gasteiger partial charge in [-0.25, -0.2) is 4.39 Å². The monoisotopic (exact) mass is 226 g/mol. The Hall–Kier alpha value is -1.58. The van der Waals surface area contributed by atoms with Crippen LogP contribution in [-0.4, -0.2) is 19.7 Å². The molecule has 88 valence electrons. The summed E-state index contributed by atoms with van der Waals surface area (Å²) in [6, 6.07) is 4.47. The molecule has 1 aromatic carbocycles. The average Bonchev–Trinajstić information content (AvgIpc) is 2.28. The molecule has 3 nitrogen and oxygen atoms in total. The number of methoxy groups -OCH3 is 1. The SMILES string of the molecule is CCOC(=O)CCc1cc(OC)ccc1F. The zero-order chi connectivity index (χ0) is 12.0. The van der Waals surface area contributed by atoms with Gasteiger partial charge in [0.2, 0.25) is 0 Å². The number of ether oxygens (including phenoxy) is 2. The van der Waals surface area contributed by atoms with Crippen LogP contribution in [0.1, 0.15) is 18.9 Å². The van der Waals surface area contributed by atoms with Gasteiger partial charge in [-0.05, 0) is 37.1 Å². The molecule has 0 aromatic heterocycles. The van der Waals surface area contributed by atoms with E-state index in [1.165, 1.54) is 13.2 Å². The van der Waals surface area contributed by atoms with Crippen molar-refractivity contribution in [3.8, 4) is 5.75 Å². The summed E-state index contributed by atoms with van der Waals surface area (Å²) >= 11 is 0. The van der Waals surface area contributed by atoms with Gasteiger partial charge in [-0.15, -0.1) is 0 Å². The molecular weight excluding hydrogens is 211 g/mol. The van der Waals surface area contributed by atoms with E-state index in [2.05, 4.69) is 0 Å².